The molecule has 0 aliphatic rings. The summed E-state index contributed by atoms with van der Waals surface area (Å²) in [7, 11) is 1.65. The van der Waals surface area contributed by atoms with Crippen LogP contribution in [0.2, 0.25) is 0 Å². The Morgan fingerprint density at radius 1 is 1.06 bits per heavy atom. The molecule has 1 atom stereocenters. The average Bonchev–Trinajstić information content (AvgIpc) is 2.32. The van der Waals surface area contributed by atoms with Crippen LogP contribution in [0.15, 0.2) is 0 Å². The first-order chi connectivity index (χ1) is 8.31. The molecule has 0 aliphatic carbocycles. The van der Waals surface area contributed by atoms with Crippen LogP contribution in [0.1, 0.15) is 19.8 Å². The monoisotopic (exact) mass is 249 g/mol. The third kappa shape index (κ3) is 13.7. The maximum Gasteiger partial charge on any atom is 0.0701 e. The van der Waals surface area contributed by atoms with E-state index in [0.29, 0.717) is 39.6 Å². The molecule has 0 spiro atoms. The first-order valence-corrected chi connectivity index (χ1v) is 6.34. The second-order valence-corrected chi connectivity index (χ2v) is 3.86. The zero-order valence-electron chi connectivity index (χ0n) is 11.1. The van der Waals surface area contributed by atoms with E-state index in [4.69, 9.17) is 14.2 Å². The number of nitrogens with one attached hydrogen (secondary N) is 1. The summed E-state index contributed by atoms with van der Waals surface area (Å²) in [6.07, 6.45) is 1.62. The van der Waals surface area contributed by atoms with Gasteiger partial charge in [-0.2, -0.15) is 0 Å². The zero-order chi connectivity index (χ0) is 12.8. The van der Waals surface area contributed by atoms with E-state index in [9.17, 15) is 5.11 Å². The molecular formula is C12H27NO4. The van der Waals surface area contributed by atoms with Crippen LogP contribution in [0, 0.1) is 0 Å². The van der Waals surface area contributed by atoms with E-state index in [-0.39, 0.29) is 6.10 Å². The van der Waals surface area contributed by atoms with E-state index in [0.717, 1.165) is 19.4 Å². The first-order valence-electron chi connectivity index (χ1n) is 6.34. The first kappa shape index (κ1) is 16.8. The summed E-state index contributed by atoms with van der Waals surface area (Å²) in [5.41, 5.74) is 0. The maximum atomic E-state index is 9.44. The Morgan fingerprint density at radius 2 is 1.71 bits per heavy atom. The Balaban J connectivity index is 2.98. The summed E-state index contributed by atoms with van der Waals surface area (Å²) >= 11 is 0. The Morgan fingerprint density at radius 3 is 2.35 bits per heavy atom. The van der Waals surface area contributed by atoms with Gasteiger partial charge in [-0.1, -0.05) is 13.3 Å². The minimum atomic E-state index is -0.239. The quantitative estimate of drug-likeness (QED) is 0.463. The second kappa shape index (κ2) is 13.9. The number of rotatable bonds is 13. The van der Waals surface area contributed by atoms with Gasteiger partial charge in [0.15, 0.2) is 0 Å². The van der Waals surface area contributed by atoms with Crippen LogP contribution in [-0.4, -0.2) is 64.4 Å². The van der Waals surface area contributed by atoms with Crippen molar-refractivity contribution in [2.75, 3.05) is 53.2 Å². The van der Waals surface area contributed by atoms with Crippen molar-refractivity contribution in [1.82, 2.24) is 5.32 Å². The molecule has 0 aromatic carbocycles. The SMILES string of the molecule is CCCC(O)CNCCOCCOCCOC. The topological polar surface area (TPSA) is 60.0 Å². The predicted molar refractivity (Wildman–Crippen MR) is 67.3 cm³/mol. The Kier molecular flexibility index (Phi) is 13.7. The van der Waals surface area contributed by atoms with Gasteiger partial charge in [-0.15, -0.1) is 0 Å². The van der Waals surface area contributed by atoms with Gasteiger partial charge in [-0.25, -0.2) is 0 Å². The molecule has 5 heteroatoms. The molecule has 0 rings (SSSR count). The Labute approximate surface area is 104 Å². The van der Waals surface area contributed by atoms with Crippen molar-refractivity contribution >= 4 is 0 Å². The van der Waals surface area contributed by atoms with Crippen molar-refractivity contribution in [3.63, 3.8) is 0 Å². The zero-order valence-corrected chi connectivity index (χ0v) is 11.1. The van der Waals surface area contributed by atoms with Crippen LogP contribution >= 0.6 is 0 Å². The molecule has 0 aromatic rings. The summed E-state index contributed by atoms with van der Waals surface area (Å²) in [5, 5.41) is 12.6. The third-order valence-electron chi connectivity index (χ3n) is 2.23. The van der Waals surface area contributed by atoms with Crippen LogP contribution in [0.25, 0.3) is 0 Å². The highest BCUT2D eigenvalue weighted by atomic mass is 16.5. The van der Waals surface area contributed by atoms with Crippen LogP contribution in [0.3, 0.4) is 0 Å². The Hall–Kier alpha value is -0.200. The van der Waals surface area contributed by atoms with E-state index >= 15 is 0 Å². The maximum absolute atomic E-state index is 9.44. The van der Waals surface area contributed by atoms with Crippen LogP contribution in [0.4, 0.5) is 0 Å². The molecule has 1 unspecified atom stereocenters. The van der Waals surface area contributed by atoms with Gasteiger partial charge in [0.05, 0.1) is 39.1 Å². The Bertz CT molecular complexity index is 146. The average molecular weight is 249 g/mol. The van der Waals surface area contributed by atoms with Crippen LogP contribution in [0.5, 0.6) is 0 Å². The van der Waals surface area contributed by atoms with Gasteiger partial charge in [-0.3, -0.25) is 0 Å². The molecule has 0 amide bonds. The van der Waals surface area contributed by atoms with Gasteiger partial charge in [-0.05, 0) is 6.42 Å². The minimum absolute atomic E-state index is 0.239. The van der Waals surface area contributed by atoms with Gasteiger partial charge < -0.3 is 24.6 Å². The molecule has 0 bridgehead atoms. The molecule has 17 heavy (non-hydrogen) atoms. The molecule has 0 saturated carbocycles. The fourth-order valence-electron chi connectivity index (χ4n) is 1.31. The van der Waals surface area contributed by atoms with Crippen molar-refractivity contribution in [2.24, 2.45) is 0 Å². The predicted octanol–water partition coefficient (Wildman–Crippen LogP) is 0.417. The molecule has 0 aliphatic heterocycles. The lowest BCUT2D eigenvalue weighted by Crippen LogP contribution is -2.29. The van der Waals surface area contributed by atoms with Crippen molar-refractivity contribution in [2.45, 2.75) is 25.9 Å². The number of aliphatic hydroxyl groups is 1. The van der Waals surface area contributed by atoms with Crippen molar-refractivity contribution in [3.8, 4) is 0 Å². The molecule has 0 heterocycles. The lowest BCUT2D eigenvalue weighted by molar-refractivity contribution is 0.0251. The van der Waals surface area contributed by atoms with Gasteiger partial charge in [0.25, 0.3) is 0 Å². The molecule has 0 radical (unpaired) electrons. The van der Waals surface area contributed by atoms with E-state index in [1.165, 1.54) is 0 Å². The highest BCUT2D eigenvalue weighted by Gasteiger charge is 2.00. The van der Waals surface area contributed by atoms with Crippen molar-refractivity contribution < 1.29 is 19.3 Å². The van der Waals surface area contributed by atoms with Gasteiger partial charge in [0, 0.05) is 20.2 Å². The number of methoxy groups -OCH3 is 1. The fraction of sp³-hybridized carbons (Fsp3) is 1.00. The molecular weight excluding hydrogens is 222 g/mol. The number of hydrogen-bond donors (Lipinski definition) is 2. The number of hydrogen-bond acceptors (Lipinski definition) is 5. The molecule has 5 nitrogen and oxygen atoms in total. The van der Waals surface area contributed by atoms with E-state index in [1.807, 2.05) is 0 Å². The summed E-state index contributed by atoms with van der Waals surface area (Å²) in [6, 6.07) is 0. The number of ether oxygens (including phenoxy) is 3. The fourth-order valence-corrected chi connectivity index (χ4v) is 1.31. The van der Waals surface area contributed by atoms with E-state index in [1.54, 1.807) is 7.11 Å². The molecule has 0 aromatic heterocycles. The van der Waals surface area contributed by atoms with Crippen molar-refractivity contribution in [1.29, 1.82) is 0 Å². The third-order valence-corrected chi connectivity index (χ3v) is 2.23. The van der Waals surface area contributed by atoms with E-state index in [2.05, 4.69) is 12.2 Å². The highest BCUT2D eigenvalue weighted by molar-refractivity contribution is 4.57. The lowest BCUT2D eigenvalue weighted by atomic mass is 10.2. The number of aliphatic hydroxyl groups excluding tert-OH is 1. The summed E-state index contributed by atoms with van der Waals surface area (Å²) < 4.78 is 15.4. The summed E-state index contributed by atoms with van der Waals surface area (Å²) in [5.74, 6) is 0. The highest BCUT2D eigenvalue weighted by Crippen LogP contribution is 1.93. The molecule has 0 saturated heterocycles. The minimum Gasteiger partial charge on any atom is -0.392 e. The van der Waals surface area contributed by atoms with Crippen LogP contribution < -0.4 is 5.32 Å². The van der Waals surface area contributed by atoms with Gasteiger partial charge in [0.2, 0.25) is 0 Å². The summed E-state index contributed by atoms with van der Waals surface area (Å²) in [4.78, 5) is 0. The van der Waals surface area contributed by atoms with Gasteiger partial charge >= 0.3 is 0 Å². The summed E-state index contributed by atoms with van der Waals surface area (Å²) in [6.45, 7) is 6.55. The van der Waals surface area contributed by atoms with Crippen molar-refractivity contribution in [3.05, 3.63) is 0 Å². The normalized spacial score (nSPS) is 12.9. The van der Waals surface area contributed by atoms with E-state index < -0.39 is 0 Å². The molecule has 0 fully saturated rings. The van der Waals surface area contributed by atoms with Gasteiger partial charge in [0.1, 0.15) is 0 Å². The second-order valence-electron chi connectivity index (χ2n) is 3.86. The van der Waals surface area contributed by atoms with Crippen LogP contribution in [-0.2, 0) is 14.2 Å². The standard InChI is InChI=1S/C12H27NO4/c1-3-4-12(14)11-13-5-6-16-9-10-17-8-7-15-2/h12-14H,3-11H2,1-2H3. The smallest absolute Gasteiger partial charge is 0.0701 e. The molecule has 104 valence electrons. The largest absolute Gasteiger partial charge is 0.392 e. The lowest BCUT2D eigenvalue weighted by Gasteiger charge is -2.10. The molecule has 2 N–H and O–H groups in total.